The van der Waals surface area contributed by atoms with Gasteiger partial charge in [0.1, 0.15) is 11.7 Å². The summed E-state index contributed by atoms with van der Waals surface area (Å²) in [6, 6.07) is 20.1. The molecule has 5 atom stereocenters. The number of hydrogen-bond donors (Lipinski definition) is 2. The Morgan fingerprint density at radius 2 is 1.57 bits per heavy atom. The van der Waals surface area contributed by atoms with E-state index < -0.39 is 26.1 Å². The first-order valence-electron chi connectivity index (χ1n) is 13.4. The van der Waals surface area contributed by atoms with Crippen LogP contribution in [0.2, 0.25) is 18.1 Å². The average Bonchev–Trinajstić information content (AvgIpc) is 2.85. The van der Waals surface area contributed by atoms with Gasteiger partial charge in [-0.2, -0.15) is 0 Å². The topological polar surface area (TPSA) is 77.4 Å². The normalized spacial score (nSPS) is 25.7. The van der Waals surface area contributed by atoms with Crippen LogP contribution in [0.4, 0.5) is 0 Å². The van der Waals surface area contributed by atoms with Crippen molar-refractivity contribution in [1.82, 2.24) is 0 Å². The fourth-order valence-corrected chi connectivity index (χ4v) is 5.78. The van der Waals surface area contributed by atoms with Gasteiger partial charge in [-0.3, -0.25) is 0 Å². The monoisotopic (exact) mass is 530 g/mol. The van der Waals surface area contributed by atoms with Gasteiger partial charge in [0.05, 0.1) is 38.1 Å². The summed E-state index contributed by atoms with van der Waals surface area (Å²) in [6.07, 6.45) is -1.33. The number of hydrogen-bond acceptors (Lipinski definition) is 6. The van der Waals surface area contributed by atoms with Crippen LogP contribution in [0.5, 0.6) is 0 Å². The highest BCUT2D eigenvalue weighted by molar-refractivity contribution is 6.74. The Morgan fingerprint density at radius 3 is 2.11 bits per heavy atom. The predicted molar refractivity (Wildman–Crippen MR) is 149 cm³/mol. The van der Waals surface area contributed by atoms with Crippen LogP contribution in [-0.4, -0.2) is 61.8 Å². The van der Waals surface area contributed by atoms with Gasteiger partial charge in [0, 0.05) is 13.0 Å². The summed E-state index contributed by atoms with van der Waals surface area (Å²) < 4.78 is 26.2. The Balaban J connectivity index is 1.84. The second-order valence-corrected chi connectivity index (χ2v) is 16.6. The van der Waals surface area contributed by atoms with Crippen molar-refractivity contribution in [3.05, 3.63) is 71.8 Å². The molecule has 0 amide bonds. The Morgan fingerprint density at radius 1 is 1.00 bits per heavy atom. The lowest BCUT2D eigenvalue weighted by Gasteiger charge is -2.51. The maximum Gasteiger partial charge on any atom is 0.192 e. The first-order chi connectivity index (χ1) is 17.4. The van der Waals surface area contributed by atoms with Crippen LogP contribution in [0.3, 0.4) is 0 Å². The molecule has 0 spiro atoms. The van der Waals surface area contributed by atoms with E-state index in [1.165, 1.54) is 0 Å². The lowest BCUT2D eigenvalue weighted by atomic mass is 9.86. The molecule has 0 bridgehead atoms. The molecule has 1 heterocycles. The smallest absolute Gasteiger partial charge is 0.192 e. The van der Waals surface area contributed by atoms with Gasteiger partial charge in [-0.1, -0.05) is 81.4 Å². The lowest BCUT2D eigenvalue weighted by Crippen LogP contribution is -2.63. The first-order valence-corrected chi connectivity index (χ1v) is 16.3. The second kappa shape index (κ2) is 13.0. The van der Waals surface area contributed by atoms with Crippen molar-refractivity contribution in [2.45, 2.75) is 102 Å². The largest absolute Gasteiger partial charge is 0.411 e. The number of aliphatic hydroxyl groups is 2. The van der Waals surface area contributed by atoms with Gasteiger partial charge >= 0.3 is 0 Å². The van der Waals surface area contributed by atoms with Crippen molar-refractivity contribution >= 4 is 8.32 Å². The van der Waals surface area contributed by atoms with Gasteiger partial charge in [0.2, 0.25) is 0 Å². The minimum Gasteiger partial charge on any atom is -0.411 e. The molecule has 0 aromatic heterocycles. The maximum absolute atomic E-state index is 11.0. The highest BCUT2D eigenvalue weighted by Crippen LogP contribution is 2.42. The molecule has 2 N–H and O–H groups in total. The summed E-state index contributed by atoms with van der Waals surface area (Å²) in [5, 5.41) is 20.6. The molecule has 1 saturated heterocycles. The summed E-state index contributed by atoms with van der Waals surface area (Å²) in [7, 11) is -2.18. The van der Waals surface area contributed by atoms with Gasteiger partial charge in [0.25, 0.3) is 0 Å². The summed E-state index contributed by atoms with van der Waals surface area (Å²) >= 11 is 0. The van der Waals surface area contributed by atoms with Crippen molar-refractivity contribution in [1.29, 1.82) is 0 Å². The van der Waals surface area contributed by atoms with E-state index in [0.29, 0.717) is 26.2 Å². The first kappa shape index (κ1) is 30.0. The standard InChI is InChI=1S/C30H46O6Si/c1-29(2,3)37(5,6)36-26-19-27(34-21-24-15-11-8-12-16-24)30(4,35-28(26)25(32)17-18-31)22-33-20-23-13-9-7-10-14-23/h7-16,25-28,31-32H,17-22H2,1-6H3/t25-,26-,27+,28+,30-/m0/s1. The third-order valence-electron chi connectivity index (χ3n) is 7.75. The summed E-state index contributed by atoms with van der Waals surface area (Å²) in [4.78, 5) is 0. The zero-order valence-electron chi connectivity index (χ0n) is 23.4. The quantitative estimate of drug-likeness (QED) is 0.355. The summed E-state index contributed by atoms with van der Waals surface area (Å²) in [6.45, 7) is 14.1. The SMILES string of the molecule is CC(C)(C)[Si](C)(C)O[C@H]1C[C@@H](OCc2ccccc2)[C@](C)(COCc2ccccc2)O[C@@H]1[C@@H](O)CCO. The van der Waals surface area contributed by atoms with E-state index in [0.717, 1.165) is 11.1 Å². The predicted octanol–water partition coefficient (Wildman–Crippen LogP) is 5.47. The molecule has 0 radical (unpaired) electrons. The molecule has 0 unspecified atom stereocenters. The van der Waals surface area contributed by atoms with Crippen LogP contribution in [0.15, 0.2) is 60.7 Å². The molecule has 1 aliphatic heterocycles. The van der Waals surface area contributed by atoms with Crippen LogP contribution in [0.25, 0.3) is 0 Å². The highest BCUT2D eigenvalue weighted by Gasteiger charge is 2.52. The fourth-order valence-electron chi connectivity index (χ4n) is 4.44. The lowest BCUT2D eigenvalue weighted by molar-refractivity contribution is -0.266. The Labute approximate surface area is 224 Å². The molecule has 2 aromatic carbocycles. The molecule has 3 rings (SSSR count). The summed E-state index contributed by atoms with van der Waals surface area (Å²) in [5.41, 5.74) is 1.36. The van der Waals surface area contributed by atoms with Crippen LogP contribution in [-0.2, 0) is 31.9 Å². The van der Waals surface area contributed by atoms with Crippen LogP contribution in [0, 0.1) is 0 Å². The summed E-state index contributed by atoms with van der Waals surface area (Å²) in [5.74, 6) is 0. The van der Waals surface area contributed by atoms with Crippen molar-refractivity contribution in [2.75, 3.05) is 13.2 Å². The van der Waals surface area contributed by atoms with Crippen molar-refractivity contribution in [2.24, 2.45) is 0 Å². The Kier molecular flexibility index (Phi) is 10.5. The molecule has 206 valence electrons. The number of rotatable bonds is 12. The second-order valence-electron chi connectivity index (χ2n) is 11.9. The Bertz CT molecular complexity index is 932. The Hall–Kier alpha value is -1.58. The molecular formula is C30H46O6Si. The van der Waals surface area contributed by atoms with E-state index in [1.54, 1.807) is 0 Å². The number of aliphatic hydroxyl groups excluding tert-OH is 2. The van der Waals surface area contributed by atoms with Gasteiger partial charge in [0.15, 0.2) is 8.32 Å². The molecule has 6 nitrogen and oxygen atoms in total. The molecular weight excluding hydrogens is 484 g/mol. The number of ether oxygens (including phenoxy) is 3. The van der Waals surface area contributed by atoms with Gasteiger partial charge in [-0.25, -0.2) is 0 Å². The molecule has 7 heteroatoms. The molecule has 1 fully saturated rings. The molecule has 37 heavy (non-hydrogen) atoms. The van der Waals surface area contributed by atoms with Crippen LogP contribution >= 0.6 is 0 Å². The van der Waals surface area contributed by atoms with E-state index in [-0.39, 0.29) is 30.3 Å². The van der Waals surface area contributed by atoms with Gasteiger partial charge in [-0.05, 0) is 42.6 Å². The zero-order chi connectivity index (χ0) is 27.1. The third-order valence-corrected chi connectivity index (χ3v) is 12.3. The third kappa shape index (κ3) is 8.20. The maximum atomic E-state index is 11.0. The average molecular weight is 531 g/mol. The zero-order valence-corrected chi connectivity index (χ0v) is 24.4. The molecule has 1 aliphatic rings. The van der Waals surface area contributed by atoms with E-state index in [9.17, 15) is 10.2 Å². The van der Waals surface area contributed by atoms with E-state index in [1.807, 2.05) is 67.6 Å². The van der Waals surface area contributed by atoms with E-state index >= 15 is 0 Å². The van der Waals surface area contributed by atoms with Crippen molar-refractivity contribution < 1.29 is 28.8 Å². The number of benzene rings is 2. The molecule has 0 aliphatic carbocycles. The van der Waals surface area contributed by atoms with Gasteiger partial charge in [-0.15, -0.1) is 0 Å². The minimum atomic E-state index is -2.18. The van der Waals surface area contributed by atoms with Crippen LogP contribution in [0.1, 0.15) is 51.7 Å². The van der Waals surface area contributed by atoms with Crippen molar-refractivity contribution in [3.63, 3.8) is 0 Å². The fraction of sp³-hybridized carbons (Fsp3) is 0.600. The van der Waals surface area contributed by atoms with E-state index in [2.05, 4.69) is 33.9 Å². The minimum absolute atomic E-state index is 0.000577. The molecule has 2 aromatic rings. The van der Waals surface area contributed by atoms with Crippen molar-refractivity contribution in [3.8, 4) is 0 Å². The molecule has 0 saturated carbocycles. The van der Waals surface area contributed by atoms with E-state index in [4.69, 9.17) is 18.6 Å². The highest BCUT2D eigenvalue weighted by atomic mass is 28.4. The van der Waals surface area contributed by atoms with Gasteiger partial charge < -0.3 is 28.8 Å². The van der Waals surface area contributed by atoms with Crippen LogP contribution < -0.4 is 0 Å².